The van der Waals surface area contributed by atoms with E-state index in [4.69, 9.17) is 11.6 Å². The van der Waals surface area contributed by atoms with Crippen LogP contribution in [-0.2, 0) is 6.42 Å². The van der Waals surface area contributed by atoms with Gasteiger partial charge in [-0.2, -0.15) is 0 Å². The van der Waals surface area contributed by atoms with Crippen molar-refractivity contribution in [2.45, 2.75) is 38.3 Å². The largest absolute Gasteiger partial charge is 0.317 e. The SMILES string of the molecule is CC(Cc1ccccc1Cl)NC1CCNCC1. The molecule has 0 aliphatic carbocycles. The van der Waals surface area contributed by atoms with Gasteiger partial charge < -0.3 is 10.6 Å². The maximum absolute atomic E-state index is 6.17. The summed E-state index contributed by atoms with van der Waals surface area (Å²) in [5.41, 5.74) is 1.24. The van der Waals surface area contributed by atoms with E-state index >= 15 is 0 Å². The molecule has 1 aromatic rings. The minimum Gasteiger partial charge on any atom is -0.317 e. The van der Waals surface area contributed by atoms with Crippen LogP contribution in [0.2, 0.25) is 5.02 Å². The van der Waals surface area contributed by atoms with Crippen LogP contribution < -0.4 is 10.6 Å². The van der Waals surface area contributed by atoms with Crippen LogP contribution in [0.15, 0.2) is 24.3 Å². The zero-order chi connectivity index (χ0) is 12.1. The molecular formula is C14H21ClN2. The van der Waals surface area contributed by atoms with E-state index in [1.165, 1.54) is 18.4 Å². The Labute approximate surface area is 109 Å². The van der Waals surface area contributed by atoms with Crippen LogP contribution in [0.1, 0.15) is 25.3 Å². The van der Waals surface area contributed by atoms with Crippen LogP contribution >= 0.6 is 11.6 Å². The molecule has 1 saturated heterocycles. The highest BCUT2D eigenvalue weighted by Gasteiger charge is 2.15. The van der Waals surface area contributed by atoms with E-state index in [0.29, 0.717) is 12.1 Å². The van der Waals surface area contributed by atoms with Gasteiger partial charge in [0.25, 0.3) is 0 Å². The first-order chi connectivity index (χ1) is 8.25. The summed E-state index contributed by atoms with van der Waals surface area (Å²) in [6.07, 6.45) is 3.46. The van der Waals surface area contributed by atoms with Crippen LogP contribution in [-0.4, -0.2) is 25.2 Å². The lowest BCUT2D eigenvalue weighted by Crippen LogP contribution is -2.44. The van der Waals surface area contributed by atoms with E-state index in [-0.39, 0.29) is 0 Å². The first kappa shape index (κ1) is 12.9. The lowest BCUT2D eigenvalue weighted by Gasteiger charge is -2.27. The summed E-state index contributed by atoms with van der Waals surface area (Å²) in [4.78, 5) is 0. The Morgan fingerprint density at radius 2 is 2.06 bits per heavy atom. The lowest BCUT2D eigenvalue weighted by atomic mass is 10.0. The molecule has 1 aromatic carbocycles. The zero-order valence-electron chi connectivity index (χ0n) is 10.4. The molecule has 0 amide bonds. The molecule has 2 rings (SSSR count). The Bertz CT molecular complexity index is 348. The second-order valence-corrected chi connectivity index (χ2v) is 5.29. The van der Waals surface area contributed by atoms with E-state index in [1.54, 1.807) is 0 Å². The Morgan fingerprint density at radius 3 is 2.76 bits per heavy atom. The summed E-state index contributed by atoms with van der Waals surface area (Å²) in [6.45, 7) is 4.51. The quantitative estimate of drug-likeness (QED) is 0.861. The average molecular weight is 253 g/mol. The average Bonchev–Trinajstić information content (AvgIpc) is 2.33. The smallest absolute Gasteiger partial charge is 0.0438 e. The molecule has 2 N–H and O–H groups in total. The molecule has 0 spiro atoms. The van der Waals surface area contributed by atoms with Gasteiger partial charge in [0, 0.05) is 17.1 Å². The van der Waals surface area contributed by atoms with Crippen LogP contribution in [0, 0.1) is 0 Å². The second kappa shape index (κ2) is 6.39. The molecule has 1 aliphatic rings. The van der Waals surface area contributed by atoms with E-state index in [9.17, 15) is 0 Å². The highest BCUT2D eigenvalue weighted by Crippen LogP contribution is 2.17. The molecule has 1 heterocycles. The molecule has 0 aromatic heterocycles. The van der Waals surface area contributed by atoms with Crippen molar-refractivity contribution in [2.75, 3.05) is 13.1 Å². The summed E-state index contributed by atoms with van der Waals surface area (Å²) in [7, 11) is 0. The van der Waals surface area contributed by atoms with Crippen LogP contribution in [0.25, 0.3) is 0 Å². The summed E-state index contributed by atoms with van der Waals surface area (Å²) in [5.74, 6) is 0. The maximum Gasteiger partial charge on any atom is 0.0438 e. The highest BCUT2D eigenvalue weighted by molar-refractivity contribution is 6.31. The van der Waals surface area contributed by atoms with E-state index in [0.717, 1.165) is 24.5 Å². The molecule has 2 nitrogen and oxygen atoms in total. The third-order valence-electron chi connectivity index (χ3n) is 3.34. The van der Waals surface area contributed by atoms with Crippen molar-refractivity contribution >= 4 is 11.6 Å². The highest BCUT2D eigenvalue weighted by atomic mass is 35.5. The molecule has 1 aliphatic heterocycles. The van der Waals surface area contributed by atoms with Crippen molar-refractivity contribution in [2.24, 2.45) is 0 Å². The Kier molecular flexibility index (Phi) is 4.84. The zero-order valence-corrected chi connectivity index (χ0v) is 11.1. The van der Waals surface area contributed by atoms with E-state index < -0.39 is 0 Å². The number of piperidine rings is 1. The van der Waals surface area contributed by atoms with Crippen molar-refractivity contribution in [1.82, 2.24) is 10.6 Å². The summed E-state index contributed by atoms with van der Waals surface area (Å²) < 4.78 is 0. The van der Waals surface area contributed by atoms with Crippen molar-refractivity contribution < 1.29 is 0 Å². The van der Waals surface area contributed by atoms with Gasteiger partial charge in [0.05, 0.1) is 0 Å². The van der Waals surface area contributed by atoms with Gasteiger partial charge >= 0.3 is 0 Å². The predicted molar refractivity (Wildman–Crippen MR) is 73.6 cm³/mol. The first-order valence-corrected chi connectivity index (χ1v) is 6.83. The van der Waals surface area contributed by atoms with Gasteiger partial charge in [0.2, 0.25) is 0 Å². The van der Waals surface area contributed by atoms with E-state index in [2.05, 4.69) is 29.7 Å². The molecule has 0 radical (unpaired) electrons. The molecule has 17 heavy (non-hydrogen) atoms. The monoisotopic (exact) mass is 252 g/mol. The first-order valence-electron chi connectivity index (χ1n) is 6.46. The van der Waals surface area contributed by atoms with Gasteiger partial charge in [0.1, 0.15) is 0 Å². The number of hydrogen-bond acceptors (Lipinski definition) is 2. The fourth-order valence-electron chi connectivity index (χ4n) is 2.44. The Hall–Kier alpha value is -0.570. The van der Waals surface area contributed by atoms with Gasteiger partial charge in [-0.05, 0) is 50.9 Å². The van der Waals surface area contributed by atoms with Crippen molar-refractivity contribution in [3.05, 3.63) is 34.9 Å². The van der Waals surface area contributed by atoms with Gasteiger partial charge in [-0.25, -0.2) is 0 Å². The fraction of sp³-hybridized carbons (Fsp3) is 0.571. The number of halogens is 1. The Morgan fingerprint density at radius 1 is 1.35 bits per heavy atom. The number of rotatable bonds is 4. The third kappa shape index (κ3) is 3.98. The predicted octanol–water partition coefficient (Wildman–Crippen LogP) is 2.61. The van der Waals surface area contributed by atoms with Crippen molar-refractivity contribution in [1.29, 1.82) is 0 Å². The molecule has 0 saturated carbocycles. The molecule has 1 fully saturated rings. The number of benzene rings is 1. The molecule has 3 heteroatoms. The minimum absolute atomic E-state index is 0.484. The molecule has 94 valence electrons. The number of hydrogen-bond donors (Lipinski definition) is 2. The maximum atomic E-state index is 6.17. The topological polar surface area (TPSA) is 24.1 Å². The van der Waals surface area contributed by atoms with Gasteiger partial charge in [-0.1, -0.05) is 29.8 Å². The van der Waals surface area contributed by atoms with Gasteiger partial charge in [0.15, 0.2) is 0 Å². The summed E-state index contributed by atoms with van der Waals surface area (Å²) >= 11 is 6.17. The van der Waals surface area contributed by atoms with Gasteiger partial charge in [-0.3, -0.25) is 0 Å². The Balaban J connectivity index is 1.84. The number of nitrogens with one attached hydrogen (secondary N) is 2. The second-order valence-electron chi connectivity index (χ2n) is 4.89. The van der Waals surface area contributed by atoms with Crippen LogP contribution in [0.4, 0.5) is 0 Å². The van der Waals surface area contributed by atoms with E-state index in [1.807, 2.05) is 12.1 Å². The third-order valence-corrected chi connectivity index (χ3v) is 3.71. The van der Waals surface area contributed by atoms with Crippen molar-refractivity contribution in [3.8, 4) is 0 Å². The minimum atomic E-state index is 0.484. The van der Waals surface area contributed by atoms with Crippen LogP contribution in [0.5, 0.6) is 0 Å². The standard InChI is InChI=1S/C14H21ClN2/c1-11(17-13-6-8-16-9-7-13)10-12-4-2-3-5-14(12)15/h2-5,11,13,16-17H,6-10H2,1H3. The van der Waals surface area contributed by atoms with Gasteiger partial charge in [-0.15, -0.1) is 0 Å². The fourth-order valence-corrected chi connectivity index (χ4v) is 2.66. The van der Waals surface area contributed by atoms with Crippen LogP contribution in [0.3, 0.4) is 0 Å². The molecular weight excluding hydrogens is 232 g/mol. The summed E-state index contributed by atoms with van der Waals surface area (Å²) in [5, 5.41) is 7.96. The molecule has 0 bridgehead atoms. The molecule has 1 unspecified atom stereocenters. The molecule has 1 atom stereocenters. The normalized spacial score (nSPS) is 19.2. The van der Waals surface area contributed by atoms with Crippen molar-refractivity contribution in [3.63, 3.8) is 0 Å². The summed E-state index contributed by atoms with van der Waals surface area (Å²) in [6, 6.07) is 9.26. The lowest BCUT2D eigenvalue weighted by molar-refractivity contribution is 0.355.